The maximum Gasteiger partial charge on any atom is 0.524 e. The van der Waals surface area contributed by atoms with Crippen molar-refractivity contribution in [3.8, 4) is 0 Å². The van der Waals surface area contributed by atoms with Crippen molar-refractivity contribution in [2.75, 3.05) is 0 Å². The summed E-state index contributed by atoms with van der Waals surface area (Å²) < 4.78 is 25.8. The van der Waals surface area contributed by atoms with Gasteiger partial charge in [-0.3, -0.25) is 0 Å². The zero-order chi connectivity index (χ0) is 14.5. The third kappa shape index (κ3) is 3.40. The third-order valence-corrected chi connectivity index (χ3v) is 4.52. The first-order valence-corrected chi connectivity index (χ1v) is 7.26. The van der Waals surface area contributed by atoms with Crippen molar-refractivity contribution < 1.29 is 13.7 Å². The Morgan fingerprint density at radius 2 is 1.68 bits per heavy atom. The van der Waals surface area contributed by atoms with Gasteiger partial charge in [-0.25, -0.2) is 4.39 Å². The van der Waals surface area contributed by atoms with Crippen molar-refractivity contribution in [3.05, 3.63) is 11.8 Å². The Morgan fingerprint density at radius 3 is 2.11 bits per heavy atom. The van der Waals surface area contributed by atoms with Gasteiger partial charge in [0.1, 0.15) is 5.73 Å². The molecular weight excluding hydrogens is 242 g/mol. The van der Waals surface area contributed by atoms with E-state index in [1.165, 1.54) is 12.8 Å². The maximum atomic E-state index is 14.4. The highest BCUT2D eigenvalue weighted by atomic mass is 19.1. The van der Waals surface area contributed by atoms with E-state index < -0.39 is 18.3 Å². The van der Waals surface area contributed by atoms with E-state index in [0.29, 0.717) is 0 Å². The van der Waals surface area contributed by atoms with Crippen LogP contribution >= 0.6 is 0 Å². The van der Waals surface area contributed by atoms with Gasteiger partial charge in [0, 0.05) is 0 Å². The van der Waals surface area contributed by atoms with E-state index in [0.717, 1.165) is 12.3 Å². The predicted molar refractivity (Wildman–Crippen MR) is 76.4 cm³/mol. The molecule has 0 bridgehead atoms. The van der Waals surface area contributed by atoms with E-state index in [9.17, 15) is 4.39 Å². The molecule has 0 aromatic heterocycles. The SMILES string of the molecule is CC(C)(C=C(F)B1OC(C)(C)C(C)(C)O1)CC1CC1. The molecule has 0 unspecified atom stereocenters. The van der Waals surface area contributed by atoms with Crippen LogP contribution in [0.5, 0.6) is 0 Å². The third-order valence-electron chi connectivity index (χ3n) is 4.52. The smallest absolute Gasteiger partial charge is 0.398 e. The molecule has 0 atom stereocenters. The molecule has 0 N–H and O–H groups in total. The number of allylic oxidation sites excluding steroid dienone is 1. The van der Waals surface area contributed by atoms with Crippen LogP contribution in [0, 0.1) is 11.3 Å². The van der Waals surface area contributed by atoms with E-state index in [4.69, 9.17) is 9.31 Å². The Kier molecular flexibility index (Phi) is 3.64. The fourth-order valence-electron chi connectivity index (χ4n) is 2.52. The highest BCUT2D eigenvalue weighted by Crippen LogP contribution is 2.43. The van der Waals surface area contributed by atoms with Crippen LogP contribution in [0.3, 0.4) is 0 Å². The summed E-state index contributed by atoms with van der Waals surface area (Å²) >= 11 is 0. The van der Waals surface area contributed by atoms with Gasteiger partial charge in [0.05, 0.1) is 11.2 Å². The van der Waals surface area contributed by atoms with Gasteiger partial charge < -0.3 is 9.31 Å². The normalized spacial score (nSPS) is 26.9. The molecule has 0 aromatic rings. The Labute approximate surface area is 116 Å². The number of hydrogen-bond donors (Lipinski definition) is 0. The number of rotatable bonds is 4. The van der Waals surface area contributed by atoms with Crippen molar-refractivity contribution in [2.24, 2.45) is 11.3 Å². The molecule has 108 valence electrons. The summed E-state index contributed by atoms with van der Waals surface area (Å²) in [7, 11) is -0.858. The van der Waals surface area contributed by atoms with E-state index in [1.807, 2.05) is 27.7 Å². The molecule has 1 aliphatic carbocycles. The van der Waals surface area contributed by atoms with Gasteiger partial charge in [-0.15, -0.1) is 0 Å². The molecule has 0 amide bonds. The van der Waals surface area contributed by atoms with E-state index in [1.54, 1.807) is 6.08 Å². The standard InChI is InChI=1S/C15H26BFO2/c1-13(2,9-11-7-8-11)10-12(17)16-18-14(3,4)15(5,6)19-16/h10-11H,7-9H2,1-6H3. The monoisotopic (exact) mass is 268 g/mol. The second-order valence-electron chi connectivity index (χ2n) is 7.75. The van der Waals surface area contributed by atoms with Gasteiger partial charge in [-0.2, -0.15) is 0 Å². The Hall–Kier alpha value is -0.345. The van der Waals surface area contributed by atoms with Crippen molar-refractivity contribution in [2.45, 2.75) is 72.0 Å². The highest BCUT2D eigenvalue weighted by molar-refractivity contribution is 6.53. The minimum Gasteiger partial charge on any atom is -0.398 e. The lowest BCUT2D eigenvalue weighted by Gasteiger charge is -2.32. The van der Waals surface area contributed by atoms with Gasteiger partial charge in [-0.1, -0.05) is 32.8 Å². The molecule has 1 heterocycles. The van der Waals surface area contributed by atoms with Gasteiger partial charge in [0.25, 0.3) is 0 Å². The van der Waals surface area contributed by atoms with Crippen LogP contribution in [0.15, 0.2) is 11.8 Å². The predicted octanol–water partition coefficient (Wildman–Crippen LogP) is 4.30. The second kappa shape index (κ2) is 4.59. The molecule has 2 nitrogen and oxygen atoms in total. The van der Waals surface area contributed by atoms with Crippen molar-refractivity contribution >= 4 is 7.12 Å². The lowest BCUT2D eigenvalue weighted by atomic mass is 9.79. The van der Waals surface area contributed by atoms with E-state index in [2.05, 4.69) is 13.8 Å². The van der Waals surface area contributed by atoms with Crippen LogP contribution in [0.25, 0.3) is 0 Å². The topological polar surface area (TPSA) is 18.5 Å². The average molecular weight is 268 g/mol. The van der Waals surface area contributed by atoms with Crippen LogP contribution in [0.2, 0.25) is 0 Å². The van der Waals surface area contributed by atoms with E-state index in [-0.39, 0.29) is 11.1 Å². The van der Waals surface area contributed by atoms with Gasteiger partial charge >= 0.3 is 7.12 Å². The quantitative estimate of drug-likeness (QED) is 0.708. The first-order chi connectivity index (χ1) is 8.52. The summed E-state index contributed by atoms with van der Waals surface area (Å²) in [5.41, 5.74) is -1.38. The van der Waals surface area contributed by atoms with E-state index >= 15 is 0 Å². The summed E-state index contributed by atoms with van der Waals surface area (Å²) in [6, 6.07) is 0. The van der Waals surface area contributed by atoms with Gasteiger partial charge in [0.2, 0.25) is 0 Å². The molecule has 1 saturated carbocycles. The zero-order valence-corrected chi connectivity index (χ0v) is 13.0. The van der Waals surface area contributed by atoms with Crippen LogP contribution in [-0.2, 0) is 9.31 Å². The van der Waals surface area contributed by atoms with Gasteiger partial charge in [-0.05, 0) is 45.4 Å². The van der Waals surface area contributed by atoms with Crippen LogP contribution in [0.1, 0.15) is 60.8 Å². The average Bonchev–Trinajstić information content (AvgIpc) is 2.93. The summed E-state index contributed by atoms with van der Waals surface area (Å²) in [6.07, 6.45) is 5.30. The second-order valence-corrected chi connectivity index (χ2v) is 7.75. The summed E-state index contributed by atoms with van der Waals surface area (Å²) in [6.45, 7) is 11.9. The van der Waals surface area contributed by atoms with Crippen LogP contribution < -0.4 is 0 Å². The molecule has 0 aromatic carbocycles. The zero-order valence-electron chi connectivity index (χ0n) is 13.0. The molecule has 1 aliphatic heterocycles. The molecule has 0 spiro atoms. The molecule has 2 aliphatic rings. The lowest BCUT2D eigenvalue weighted by Crippen LogP contribution is -2.41. The molecule has 2 fully saturated rings. The highest BCUT2D eigenvalue weighted by Gasteiger charge is 2.53. The summed E-state index contributed by atoms with van der Waals surface area (Å²) in [5.74, 6) is 0.775. The van der Waals surface area contributed by atoms with Crippen molar-refractivity contribution in [1.29, 1.82) is 0 Å². The van der Waals surface area contributed by atoms with Crippen molar-refractivity contribution in [3.63, 3.8) is 0 Å². The van der Waals surface area contributed by atoms with Crippen LogP contribution in [0.4, 0.5) is 4.39 Å². The van der Waals surface area contributed by atoms with Crippen LogP contribution in [-0.4, -0.2) is 18.3 Å². The largest absolute Gasteiger partial charge is 0.524 e. The molecule has 4 heteroatoms. The molecule has 1 saturated heterocycles. The Bertz CT molecular complexity index is 368. The number of hydrogen-bond acceptors (Lipinski definition) is 2. The number of halogens is 1. The Morgan fingerprint density at radius 1 is 1.21 bits per heavy atom. The minimum absolute atomic E-state index is 0.130. The molecule has 19 heavy (non-hydrogen) atoms. The fourth-order valence-corrected chi connectivity index (χ4v) is 2.52. The minimum atomic E-state index is -0.858. The lowest BCUT2D eigenvalue weighted by molar-refractivity contribution is 0.00578. The maximum absolute atomic E-state index is 14.4. The Balaban J connectivity index is 2.05. The first kappa shape index (κ1) is 15.1. The molecule has 2 rings (SSSR count). The summed E-state index contributed by atoms with van der Waals surface area (Å²) in [4.78, 5) is 0. The molecular formula is C15H26BFO2. The van der Waals surface area contributed by atoms with Gasteiger partial charge in [0.15, 0.2) is 0 Å². The fraction of sp³-hybridized carbons (Fsp3) is 0.867. The van der Waals surface area contributed by atoms with Crippen molar-refractivity contribution in [1.82, 2.24) is 0 Å². The first-order valence-electron chi connectivity index (χ1n) is 7.26. The summed E-state index contributed by atoms with van der Waals surface area (Å²) in [5, 5.41) is 0. The molecule has 0 radical (unpaired) electrons.